The Morgan fingerprint density at radius 2 is 2.23 bits per heavy atom. The van der Waals surface area contributed by atoms with Crippen LogP contribution in [0.2, 0.25) is 0 Å². The number of carbonyl (C=O) groups is 1. The molecule has 4 rings (SSSR count). The van der Waals surface area contributed by atoms with Crippen molar-refractivity contribution in [2.75, 3.05) is 19.8 Å². The smallest absolute Gasteiger partial charge is 0.275 e. The fraction of sp³-hybridized carbons (Fsp3) is 0.750. The van der Waals surface area contributed by atoms with Crippen LogP contribution in [0.1, 0.15) is 61.0 Å². The zero-order valence-corrected chi connectivity index (χ0v) is 13.2. The van der Waals surface area contributed by atoms with Gasteiger partial charge >= 0.3 is 0 Å². The predicted octanol–water partition coefficient (Wildman–Crippen LogP) is 1.83. The second-order valence-electron chi connectivity index (χ2n) is 6.84. The lowest BCUT2D eigenvalue weighted by Crippen LogP contribution is -2.44. The minimum Gasteiger partial charge on any atom is -0.379 e. The van der Waals surface area contributed by atoms with E-state index in [1.807, 2.05) is 18.7 Å². The molecule has 1 aromatic rings. The van der Waals surface area contributed by atoms with E-state index in [4.69, 9.17) is 9.47 Å². The van der Waals surface area contributed by atoms with Crippen LogP contribution in [0.4, 0.5) is 0 Å². The Hall–Kier alpha value is -1.40. The molecule has 1 aliphatic carbocycles. The fourth-order valence-electron chi connectivity index (χ4n) is 3.76. The number of nitrogens with one attached hydrogen (secondary N) is 1. The van der Waals surface area contributed by atoms with Gasteiger partial charge in [-0.25, -0.2) is 0 Å². The summed E-state index contributed by atoms with van der Waals surface area (Å²) in [6.07, 6.45) is 3.82. The summed E-state index contributed by atoms with van der Waals surface area (Å²) in [5, 5.41) is 7.37. The van der Waals surface area contributed by atoms with Gasteiger partial charge in [0.2, 0.25) is 0 Å². The zero-order chi connectivity index (χ0) is 15.3. The van der Waals surface area contributed by atoms with Crippen molar-refractivity contribution in [1.82, 2.24) is 15.1 Å². The van der Waals surface area contributed by atoms with Crippen LogP contribution in [0, 0.1) is 0 Å². The molecule has 3 heterocycles. The van der Waals surface area contributed by atoms with Gasteiger partial charge in [0.25, 0.3) is 5.91 Å². The molecule has 3 aliphatic rings. The van der Waals surface area contributed by atoms with Crippen molar-refractivity contribution in [1.29, 1.82) is 0 Å². The first kappa shape index (κ1) is 14.2. The Morgan fingerprint density at radius 3 is 3.00 bits per heavy atom. The Labute approximate surface area is 130 Å². The molecule has 6 heteroatoms. The molecule has 0 unspecified atom stereocenters. The number of H-pyrrole nitrogens is 1. The molecule has 1 saturated heterocycles. The molecule has 1 aromatic heterocycles. The number of ether oxygens (including phenoxy) is 2. The predicted molar refractivity (Wildman–Crippen MR) is 79.7 cm³/mol. The highest BCUT2D eigenvalue weighted by Gasteiger charge is 2.52. The van der Waals surface area contributed by atoms with Gasteiger partial charge in [-0.15, -0.1) is 0 Å². The summed E-state index contributed by atoms with van der Waals surface area (Å²) in [6, 6.07) is 0. The number of aromatic amines is 1. The molecule has 6 nitrogen and oxygen atoms in total. The van der Waals surface area contributed by atoms with Gasteiger partial charge in [0.1, 0.15) is 0 Å². The molecular formula is C16H23N3O3. The molecule has 0 aromatic carbocycles. The fourth-order valence-corrected chi connectivity index (χ4v) is 3.76. The summed E-state index contributed by atoms with van der Waals surface area (Å²) in [5.74, 6) is 0.0572. The van der Waals surface area contributed by atoms with E-state index in [-0.39, 0.29) is 23.7 Å². The third kappa shape index (κ3) is 2.16. The maximum atomic E-state index is 13.1. The number of hydrogen-bond donors (Lipinski definition) is 1. The first-order valence-corrected chi connectivity index (χ1v) is 8.23. The maximum Gasteiger partial charge on any atom is 0.275 e. The van der Waals surface area contributed by atoms with E-state index in [2.05, 4.69) is 10.2 Å². The van der Waals surface area contributed by atoms with Crippen molar-refractivity contribution < 1.29 is 14.3 Å². The van der Waals surface area contributed by atoms with Crippen molar-refractivity contribution >= 4 is 5.91 Å². The normalized spacial score (nSPS) is 30.0. The molecule has 2 aliphatic heterocycles. The summed E-state index contributed by atoms with van der Waals surface area (Å²) in [6.45, 7) is 6.22. The molecule has 2 fully saturated rings. The molecule has 0 bridgehead atoms. The van der Waals surface area contributed by atoms with E-state index in [1.165, 1.54) is 0 Å². The molecule has 1 amide bonds. The number of rotatable bonds is 1. The second-order valence-corrected chi connectivity index (χ2v) is 6.84. The van der Waals surface area contributed by atoms with Gasteiger partial charge in [0, 0.05) is 25.1 Å². The molecular weight excluding hydrogens is 282 g/mol. The van der Waals surface area contributed by atoms with E-state index in [0.29, 0.717) is 12.3 Å². The van der Waals surface area contributed by atoms with Crippen LogP contribution in [-0.4, -0.2) is 52.4 Å². The summed E-state index contributed by atoms with van der Waals surface area (Å²) in [4.78, 5) is 15.1. The van der Waals surface area contributed by atoms with Gasteiger partial charge in [-0.1, -0.05) is 0 Å². The SMILES string of the molecule is C[C@@H]1Cc2c(C(=O)N3CCCOCC34CC4)n[nH]c2[C@H](C)O1. The Balaban J connectivity index is 1.66. The quantitative estimate of drug-likeness (QED) is 0.859. The van der Waals surface area contributed by atoms with Crippen LogP contribution in [0.5, 0.6) is 0 Å². The van der Waals surface area contributed by atoms with Crippen LogP contribution in [0.15, 0.2) is 0 Å². The lowest BCUT2D eigenvalue weighted by molar-refractivity contribution is -0.00705. The Morgan fingerprint density at radius 1 is 1.41 bits per heavy atom. The highest BCUT2D eigenvalue weighted by molar-refractivity contribution is 5.95. The van der Waals surface area contributed by atoms with Gasteiger partial charge < -0.3 is 14.4 Å². The van der Waals surface area contributed by atoms with Crippen molar-refractivity contribution in [2.45, 2.75) is 57.3 Å². The summed E-state index contributed by atoms with van der Waals surface area (Å²) in [7, 11) is 0. The zero-order valence-electron chi connectivity index (χ0n) is 13.2. The number of nitrogens with zero attached hydrogens (tertiary/aromatic N) is 2. The first-order valence-electron chi connectivity index (χ1n) is 8.23. The van der Waals surface area contributed by atoms with Crippen LogP contribution in [-0.2, 0) is 15.9 Å². The minimum absolute atomic E-state index is 0.0323. The van der Waals surface area contributed by atoms with E-state index in [0.717, 1.165) is 50.1 Å². The number of hydrogen-bond acceptors (Lipinski definition) is 4. The van der Waals surface area contributed by atoms with Gasteiger partial charge in [-0.3, -0.25) is 9.89 Å². The number of fused-ring (bicyclic) bond motifs is 1. The molecule has 1 N–H and O–H groups in total. The maximum absolute atomic E-state index is 13.1. The van der Waals surface area contributed by atoms with Crippen LogP contribution in [0.25, 0.3) is 0 Å². The number of carbonyl (C=O) groups excluding carboxylic acids is 1. The standard InChI is InChI=1S/C16H23N3O3/c1-10-8-12-13(11(2)22-10)17-18-14(12)15(20)19-6-3-7-21-9-16(19)4-5-16/h10-11H,3-9H2,1-2H3,(H,17,18)/t10-,11+/m1/s1. The van der Waals surface area contributed by atoms with Crippen LogP contribution < -0.4 is 0 Å². The average molecular weight is 305 g/mol. The van der Waals surface area contributed by atoms with E-state index >= 15 is 0 Å². The molecule has 120 valence electrons. The van der Waals surface area contributed by atoms with Crippen molar-refractivity contribution in [3.8, 4) is 0 Å². The first-order chi connectivity index (χ1) is 10.6. The van der Waals surface area contributed by atoms with E-state index < -0.39 is 0 Å². The number of aromatic nitrogens is 2. The third-order valence-electron chi connectivity index (χ3n) is 5.12. The third-order valence-corrected chi connectivity index (χ3v) is 5.12. The molecule has 0 radical (unpaired) electrons. The topological polar surface area (TPSA) is 67.5 Å². The lowest BCUT2D eigenvalue weighted by Gasteiger charge is -2.30. The minimum atomic E-state index is -0.0676. The van der Waals surface area contributed by atoms with Gasteiger partial charge in [0.05, 0.1) is 30.0 Å². The van der Waals surface area contributed by atoms with Crippen LogP contribution >= 0.6 is 0 Å². The monoisotopic (exact) mass is 305 g/mol. The molecule has 22 heavy (non-hydrogen) atoms. The summed E-state index contributed by atoms with van der Waals surface area (Å²) in [5.41, 5.74) is 2.52. The van der Waals surface area contributed by atoms with Gasteiger partial charge in [0.15, 0.2) is 5.69 Å². The van der Waals surface area contributed by atoms with Gasteiger partial charge in [-0.2, -0.15) is 5.10 Å². The van der Waals surface area contributed by atoms with E-state index in [1.54, 1.807) is 0 Å². The molecule has 2 atom stereocenters. The summed E-state index contributed by atoms with van der Waals surface area (Å²) >= 11 is 0. The molecule has 1 spiro atoms. The molecule has 1 saturated carbocycles. The highest BCUT2D eigenvalue weighted by atomic mass is 16.5. The largest absolute Gasteiger partial charge is 0.379 e. The number of amides is 1. The second kappa shape index (κ2) is 5.06. The van der Waals surface area contributed by atoms with Crippen molar-refractivity contribution in [2.24, 2.45) is 0 Å². The highest BCUT2D eigenvalue weighted by Crippen LogP contribution is 2.44. The summed E-state index contributed by atoms with van der Waals surface area (Å²) < 4.78 is 11.5. The van der Waals surface area contributed by atoms with Crippen molar-refractivity contribution in [3.05, 3.63) is 17.0 Å². The Bertz CT molecular complexity index is 593. The lowest BCUT2D eigenvalue weighted by atomic mass is 9.99. The Kier molecular flexibility index (Phi) is 3.27. The van der Waals surface area contributed by atoms with Crippen LogP contribution in [0.3, 0.4) is 0 Å². The van der Waals surface area contributed by atoms with E-state index in [9.17, 15) is 4.79 Å². The van der Waals surface area contributed by atoms with Crippen molar-refractivity contribution in [3.63, 3.8) is 0 Å². The van der Waals surface area contributed by atoms with Gasteiger partial charge in [-0.05, 0) is 33.1 Å². The average Bonchev–Trinajstić information content (AvgIpc) is 3.19.